The van der Waals surface area contributed by atoms with Crippen LogP contribution in [0.4, 0.5) is 20.3 Å². The van der Waals surface area contributed by atoms with Gasteiger partial charge in [-0.05, 0) is 45.3 Å². The van der Waals surface area contributed by atoms with Gasteiger partial charge in [-0.2, -0.15) is 5.10 Å². The van der Waals surface area contributed by atoms with Gasteiger partial charge in [0.1, 0.15) is 17.1 Å². The Balaban J connectivity index is 1.20. The number of halogens is 2. The van der Waals surface area contributed by atoms with E-state index in [0.29, 0.717) is 50.0 Å². The van der Waals surface area contributed by atoms with Crippen LogP contribution in [-0.2, 0) is 28.1 Å². The highest BCUT2D eigenvalue weighted by atomic mass is 19.3. The van der Waals surface area contributed by atoms with Gasteiger partial charge >= 0.3 is 0 Å². The van der Waals surface area contributed by atoms with E-state index in [1.807, 2.05) is 24.8 Å². The number of nitrogens with zero attached hydrogens (tertiary/aromatic N) is 7. The molecule has 228 valence electrons. The lowest BCUT2D eigenvalue weighted by atomic mass is 9.86. The Bertz CT molecular complexity index is 1310. The molecular weight excluding hydrogens is 540 g/mol. The van der Waals surface area contributed by atoms with Crippen molar-refractivity contribution in [2.75, 3.05) is 62.2 Å². The molecular formula is C31H43F2N7O2. The zero-order chi connectivity index (χ0) is 29.6. The normalized spacial score (nSPS) is 22.9. The highest BCUT2D eigenvalue weighted by molar-refractivity contribution is 5.87. The van der Waals surface area contributed by atoms with Crippen LogP contribution in [0.3, 0.4) is 0 Å². The van der Waals surface area contributed by atoms with Crippen LogP contribution in [0, 0.1) is 6.92 Å². The van der Waals surface area contributed by atoms with Crippen LogP contribution in [0.2, 0.25) is 0 Å². The molecule has 0 bridgehead atoms. The first kappa shape index (κ1) is 29.0. The Morgan fingerprint density at radius 3 is 2.48 bits per heavy atom. The van der Waals surface area contributed by atoms with E-state index < -0.39 is 12.0 Å². The maximum Gasteiger partial charge on any atom is 0.280 e. The molecule has 9 nitrogen and oxygen atoms in total. The van der Waals surface area contributed by atoms with Crippen LogP contribution < -0.4 is 9.80 Å². The standard InChI is InChI=1S/C31H43F2N7O2/c1-5-7-24-25(39-19-23(20-39)36-12-14-38(15-13-36)28(41)6-2)17-27(34-29(24)30(32)33)37-10-8-31(9-11-37)26-16-21(3)35-40(26)18-22(4)42-31/h6,16-17,22-23,30H,2,5,7-15,18-20H2,1,3-4H3/t22-/m0/s1. The van der Waals surface area contributed by atoms with Crippen molar-refractivity contribution in [3.8, 4) is 0 Å². The summed E-state index contributed by atoms with van der Waals surface area (Å²) in [5.41, 5.74) is 3.19. The summed E-state index contributed by atoms with van der Waals surface area (Å²) in [7, 11) is 0. The van der Waals surface area contributed by atoms with E-state index in [2.05, 4.69) is 49.0 Å². The highest BCUT2D eigenvalue weighted by Gasteiger charge is 2.45. The summed E-state index contributed by atoms with van der Waals surface area (Å²) < 4.78 is 37.6. The molecule has 3 fully saturated rings. The van der Waals surface area contributed by atoms with Crippen LogP contribution in [0.25, 0.3) is 0 Å². The molecule has 0 radical (unpaired) electrons. The van der Waals surface area contributed by atoms with Crippen molar-refractivity contribution in [3.63, 3.8) is 0 Å². The lowest BCUT2D eigenvalue weighted by molar-refractivity contribution is -0.136. The van der Waals surface area contributed by atoms with E-state index in [1.54, 1.807) is 0 Å². The summed E-state index contributed by atoms with van der Waals surface area (Å²) in [6, 6.07) is 4.52. The zero-order valence-corrected chi connectivity index (χ0v) is 25.1. The molecule has 4 aliphatic rings. The first-order valence-corrected chi connectivity index (χ1v) is 15.4. The molecule has 1 amide bonds. The first-order valence-electron chi connectivity index (χ1n) is 15.4. The molecule has 3 saturated heterocycles. The molecule has 42 heavy (non-hydrogen) atoms. The van der Waals surface area contributed by atoms with Crippen molar-refractivity contribution >= 4 is 17.4 Å². The Kier molecular flexibility index (Phi) is 7.99. The molecule has 2 aromatic rings. The Hall–Kier alpha value is -3.05. The van der Waals surface area contributed by atoms with E-state index in [1.165, 1.54) is 6.08 Å². The summed E-state index contributed by atoms with van der Waals surface area (Å²) in [5.74, 6) is 0.607. The Morgan fingerprint density at radius 2 is 1.83 bits per heavy atom. The summed E-state index contributed by atoms with van der Waals surface area (Å²) >= 11 is 0. The van der Waals surface area contributed by atoms with Crippen LogP contribution in [-0.4, -0.2) is 95.0 Å². The number of amides is 1. The Morgan fingerprint density at radius 1 is 1.12 bits per heavy atom. The summed E-state index contributed by atoms with van der Waals surface area (Å²) in [5, 5.41) is 4.69. The highest BCUT2D eigenvalue weighted by Crippen LogP contribution is 2.43. The molecule has 11 heteroatoms. The number of rotatable bonds is 7. The third-order valence-corrected chi connectivity index (χ3v) is 9.47. The number of piperidine rings is 1. The quantitative estimate of drug-likeness (QED) is 0.458. The van der Waals surface area contributed by atoms with E-state index in [9.17, 15) is 13.6 Å². The first-order chi connectivity index (χ1) is 20.2. The third kappa shape index (κ3) is 5.30. The summed E-state index contributed by atoms with van der Waals surface area (Å²) in [6.07, 6.45) is 1.67. The van der Waals surface area contributed by atoms with E-state index in [4.69, 9.17) is 4.74 Å². The smallest absolute Gasteiger partial charge is 0.280 e. The number of hydrogen-bond donors (Lipinski definition) is 0. The number of piperazine rings is 1. The molecule has 6 rings (SSSR count). The molecule has 4 aliphatic heterocycles. The lowest BCUT2D eigenvalue weighted by Gasteiger charge is -2.50. The number of carbonyl (C=O) groups excluding carboxylic acids is 1. The largest absolute Gasteiger partial charge is 0.368 e. The maximum absolute atomic E-state index is 14.5. The van der Waals surface area contributed by atoms with Gasteiger partial charge in [0.15, 0.2) is 0 Å². The summed E-state index contributed by atoms with van der Waals surface area (Å²) in [4.78, 5) is 25.2. The molecule has 6 heterocycles. The fourth-order valence-electron chi connectivity index (χ4n) is 7.26. The number of aryl methyl sites for hydroxylation is 1. The summed E-state index contributed by atoms with van der Waals surface area (Å²) in [6.45, 7) is 16.4. The van der Waals surface area contributed by atoms with Gasteiger partial charge in [0.2, 0.25) is 5.91 Å². The van der Waals surface area contributed by atoms with Gasteiger partial charge in [0, 0.05) is 75.7 Å². The van der Waals surface area contributed by atoms with Gasteiger partial charge in [0.25, 0.3) is 6.43 Å². The Labute approximate surface area is 247 Å². The molecule has 0 aromatic carbocycles. The van der Waals surface area contributed by atoms with E-state index in [0.717, 1.165) is 69.1 Å². The molecule has 1 atom stereocenters. The SMILES string of the molecule is C=CC(=O)N1CCN(C2CN(c3cc(N4CCC5(CC4)O[C@@H](C)Cn4nc(C)cc45)nc(C(F)F)c3CCC)C2)CC1. The molecule has 0 aliphatic carbocycles. The number of alkyl halides is 2. The van der Waals surface area contributed by atoms with Crippen LogP contribution >= 0.6 is 0 Å². The monoisotopic (exact) mass is 583 g/mol. The lowest BCUT2D eigenvalue weighted by Crippen LogP contribution is -2.63. The second-order valence-electron chi connectivity index (χ2n) is 12.3. The van der Waals surface area contributed by atoms with Crippen molar-refractivity contribution in [2.45, 2.75) is 77.2 Å². The molecule has 0 saturated carbocycles. The molecule has 0 unspecified atom stereocenters. The van der Waals surface area contributed by atoms with Gasteiger partial charge in [-0.25, -0.2) is 13.8 Å². The zero-order valence-electron chi connectivity index (χ0n) is 25.1. The van der Waals surface area contributed by atoms with Crippen molar-refractivity contribution in [2.24, 2.45) is 0 Å². The van der Waals surface area contributed by atoms with Gasteiger partial charge < -0.3 is 19.4 Å². The van der Waals surface area contributed by atoms with Crippen LogP contribution in [0.5, 0.6) is 0 Å². The third-order valence-electron chi connectivity index (χ3n) is 9.47. The van der Waals surface area contributed by atoms with Crippen molar-refractivity contribution in [1.82, 2.24) is 24.6 Å². The number of pyridine rings is 1. The van der Waals surface area contributed by atoms with Crippen molar-refractivity contribution < 1.29 is 18.3 Å². The minimum Gasteiger partial charge on any atom is -0.368 e. The number of anilines is 2. The number of fused-ring (bicyclic) bond motifs is 2. The van der Waals surface area contributed by atoms with E-state index >= 15 is 0 Å². The number of carbonyl (C=O) groups is 1. The molecule has 2 aromatic heterocycles. The number of aromatic nitrogens is 3. The molecule has 1 spiro atoms. The fraction of sp³-hybridized carbons (Fsp3) is 0.645. The fourth-order valence-corrected chi connectivity index (χ4v) is 7.26. The predicted molar refractivity (Wildman–Crippen MR) is 158 cm³/mol. The van der Waals surface area contributed by atoms with Crippen LogP contribution in [0.1, 0.15) is 62.2 Å². The number of hydrogen-bond acceptors (Lipinski definition) is 7. The van der Waals surface area contributed by atoms with Crippen molar-refractivity contribution in [1.29, 1.82) is 0 Å². The van der Waals surface area contributed by atoms with Crippen molar-refractivity contribution in [3.05, 3.63) is 47.4 Å². The minimum absolute atomic E-state index is 0.0214. The predicted octanol–water partition coefficient (Wildman–Crippen LogP) is 3.91. The molecule has 0 N–H and O–H groups in total. The average Bonchev–Trinajstić information content (AvgIpc) is 3.34. The average molecular weight is 584 g/mol. The maximum atomic E-state index is 14.5. The van der Waals surface area contributed by atoms with Gasteiger partial charge in [0.05, 0.1) is 24.0 Å². The number of ether oxygens (including phenoxy) is 1. The second-order valence-corrected chi connectivity index (χ2v) is 12.3. The second kappa shape index (κ2) is 11.6. The van der Waals surface area contributed by atoms with E-state index in [-0.39, 0.29) is 17.7 Å². The van der Waals surface area contributed by atoms with Crippen LogP contribution in [0.15, 0.2) is 24.8 Å². The minimum atomic E-state index is -2.63. The van der Waals surface area contributed by atoms with Gasteiger partial charge in [-0.3, -0.25) is 14.4 Å². The van der Waals surface area contributed by atoms with Gasteiger partial charge in [-0.15, -0.1) is 0 Å². The topological polar surface area (TPSA) is 70.0 Å². The van der Waals surface area contributed by atoms with Gasteiger partial charge in [-0.1, -0.05) is 19.9 Å².